The monoisotopic (exact) mass is 371 g/mol. The van der Waals surface area contributed by atoms with Crippen molar-refractivity contribution >= 4 is 39.8 Å². The fraction of sp³-hybridized carbons (Fsp3) is 0.214. The summed E-state index contributed by atoms with van der Waals surface area (Å²) in [5.41, 5.74) is 2.03. The zero-order valence-corrected chi connectivity index (χ0v) is 13.3. The largest absolute Gasteiger partial charge is 0.337 e. The van der Waals surface area contributed by atoms with E-state index in [0.717, 1.165) is 9.13 Å². The molecule has 0 spiro atoms. The van der Waals surface area contributed by atoms with Gasteiger partial charge in [-0.05, 0) is 58.7 Å². The zero-order valence-electron chi connectivity index (χ0n) is 10.3. The van der Waals surface area contributed by atoms with Gasteiger partial charge in [0.15, 0.2) is 0 Å². The molecule has 1 aromatic heterocycles. The first-order valence-electron chi connectivity index (χ1n) is 5.62. The van der Waals surface area contributed by atoms with Crippen LogP contribution in [0, 0.1) is 10.5 Å². The molecule has 0 N–H and O–H groups in total. The van der Waals surface area contributed by atoms with Gasteiger partial charge in [-0.25, -0.2) is 0 Å². The Hall–Kier alpha value is -0.880. The van der Waals surface area contributed by atoms with Crippen LogP contribution in [0.2, 0.25) is 0 Å². The van der Waals surface area contributed by atoms with Crippen LogP contribution in [0.15, 0.2) is 35.7 Å². The van der Waals surface area contributed by atoms with Gasteiger partial charge in [0.25, 0.3) is 5.91 Å². The van der Waals surface area contributed by atoms with Gasteiger partial charge in [-0.15, -0.1) is 11.3 Å². The third kappa shape index (κ3) is 2.92. The van der Waals surface area contributed by atoms with Crippen molar-refractivity contribution in [3.8, 4) is 0 Å². The van der Waals surface area contributed by atoms with E-state index in [1.54, 1.807) is 16.2 Å². The number of hydrogen-bond donors (Lipinski definition) is 0. The van der Waals surface area contributed by atoms with E-state index < -0.39 is 0 Å². The van der Waals surface area contributed by atoms with E-state index in [9.17, 15) is 4.79 Å². The first-order valence-corrected chi connectivity index (χ1v) is 7.58. The molecule has 0 unspecified atom stereocenters. The van der Waals surface area contributed by atoms with E-state index in [-0.39, 0.29) is 5.91 Å². The molecule has 1 amide bonds. The molecule has 2 nitrogen and oxygen atoms in total. The first-order chi connectivity index (χ1) is 8.59. The number of thiophene rings is 1. The Morgan fingerprint density at radius 1 is 1.33 bits per heavy atom. The number of rotatable bonds is 3. The normalized spacial score (nSPS) is 10.4. The molecule has 1 aromatic carbocycles. The molecular formula is C14H14INOS. The average Bonchev–Trinajstić information content (AvgIpc) is 2.75. The Morgan fingerprint density at radius 3 is 2.67 bits per heavy atom. The zero-order chi connectivity index (χ0) is 13.1. The van der Waals surface area contributed by atoms with E-state index in [1.807, 2.05) is 31.3 Å². The van der Waals surface area contributed by atoms with Crippen molar-refractivity contribution in [1.29, 1.82) is 0 Å². The lowest BCUT2D eigenvalue weighted by atomic mass is 10.2. The van der Waals surface area contributed by atoms with Gasteiger partial charge in [0.05, 0.1) is 12.1 Å². The summed E-state index contributed by atoms with van der Waals surface area (Å²) >= 11 is 3.90. The van der Waals surface area contributed by atoms with Crippen molar-refractivity contribution in [2.24, 2.45) is 0 Å². The molecule has 0 saturated carbocycles. The van der Waals surface area contributed by atoms with E-state index in [4.69, 9.17) is 0 Å². The summed E-state index contributed by atoms with van der Waals surface area (Å²) in [4.78, 5) is 15.3. The third-order valence-corrected chi connectivity index (χ3v) is 4.75. The second-order valence-electron chi connectivity index (χ2n) is 4.17. The summed E-state index contributed by atoms with van der Waals surface area (Å²) in [6.07, 6.45) is 0. The molecule has 0 saturated heterocycles. The molecule has 0 aliphatic rings. The maximum atomic E-state index is 12.3. The molecule has 0 aliphatic heterocycles. The van der Waals surface area contributed by atoms with Crippen molar-refractivity contribution in [1.82, 2.24) is 4.90 Å². The van der Waals surface area contributed by atoms with Crippen LogP contribution in [0.3, 0.4) is 0 Å². The molecule has 0 fully saturated rings. The van der Waals surface area contributed by atoms with Crippen molar-refractivity contribution in [3.63, 3.8) is 0 Å². The second kappa shape index (κ2) is 5.84. The van der Waals surface area contributed by atoms with E-state index >= 15 is 0 Å². The fourth-order valence-corrected chi connectivity index (χ4v) is 3.27. The molecule has 0 bridgehead atoms. The van der Waals surface area contributed by atoms with Crippen LogP contribution in [-0.4, -0.2) is 17.9 Å². The molecule has 0 radical (unpaired) electrons. The third-order valence-electron chi connectivity index (χ3n) is 2.80. The van der Waals surface area contributed by atoms with E-state index in [2.05, 4.69) is 41.0 Å². The lowest BCUT2D eigenvalue weighted by molar-refractivity contribution is 0.0785. The molecule has 94 valence electrons. The Morgan fingerprint density at radius 2 is 2.06 bits per heavy atom. The smallest absolute Gasteiger partial charge is 0.254 e. The Labute approximate surface area is 125 Å². The summed E-state index contributed by atoms with van der Waals surface area (Å²) in [5.74, 6) is 0.0767. The number of amides is 1. The number of nitrogens with zero attached hydrogens (tertiary/aromatic N) is 1. The summed E-state index contributed by atoms with van der Waals surface area (Å²) in [7, 11) is 1.85. The summed E-state index contributed by atoms with van der Waals surface area (Å²) < 4.78 is 0.995. The van der Waals surface area contributed by atoms with E-state index in [0.29, 0.717) is 6.54 Å². The molecule has 2 rings (SSSR count). The number of halogens is 1. The van der Waals surface area contributed by atoms with Gasteiger partial charge in [-0.3, -0.25) is 4.79 Å². The average molecular weight is 371 g/mol. The molecular weight excluding hydrogens is 357 g/mol. The van der Waals surface area contributed by atoms with Crippen molar-refractivity contribution < 1.29 is 4.79 Å². The van der Waals surface area contributed by atoms with Gasteiger partial charge in [-0.2, -0.15) is 0 Å². The molecule has 1 heterocycles. The van der Waals surface area contributed by atoms with Crippen LogP contribution >= 0.6 is 33.9 Å². The Kier molecular flexibility index (Phi) is 4.40. The molecule has 2 aromatic rings. The minimum atomic E-state index is 0.0767. The van der Waals surface area contributed by atoms with E-state index in [1.165, 1.54) is 10.4 Å². The lowest BCUT2D eigenvalue weighted by Gasteiger charge is -2.17. The van der Waals surface area contributed by atoms with Crippen molar-refractivity contribution in [2.45, 2.75) is 13.5 Å². The van der Waals surface area contributed by atoms with Gasteiger partial charge in [0.2, 0.25) is 0 Å². The summed E-state index contributed by atoms with van der Waals surface area (Å²) in [5, 5.41) is 2.06. The number of hydrogen-bond acceptors (Lipinski definition) is 2. The standard InChI is InChI=1S/C14H14INOS/c1-10-7-8-18-13(10)9-16(2)14(17)11-5-3-4-6-12(11)15/h3-8H,9H2,1-2H3. The SMILES string of the molecule is Cc1ccsc1CN(C)C(=O)c1ccccc1I. The molecule has 0 aliphatic carbocycles. The minimum absolute atomic E-state index is 0.0767. The Balaban J connectivity index is 2.15. The summed E-state index contributed by atoms with van der Waals surface area (Å²) in [6.45, 7) is 2.75. The topological polar surface area (TPSA) is 20.3 Å². The van der Waals surface area contributed by atoms with Gasteiger partial charge in [0, 0.05) is 15.5 Å². The minimum Gasteiger partial charge on any atom is -0.337 e. The highest BCUT2D eigenvalue weighted by Crippen LogP contribution is 2.19. The van der Waals surface area contributed by atoms with Crippen LogP contribution in [0.5, 0.6) is 0 Å². The quantitative estimate of drug-likeness (QED) is 0.749. The number of aryl methyl sites for hydroxylation is 1. The maximum absolute atomic E-state index is 12.3. The first kappa shape index (κ1) is 13.5. The highest BCUT2D eigenvalue weighted by atomic mass is 127. The fourth-order valence-electron chi connectivity index (χ4n) is 1.69. The van der Waals surface area contributed by atoms with Gasteiger partial charge < -0.3 is 4.90 Å². The van der Waals surface area contributed by atoms with Crippen LogP contribution in [0.4, 0.5) is 0 Å². The predicted octanol–water partition coefficient (Wildman–Crippen LogP) is 3.93. The molecule has 18 heavy (non-hydrogen) atoms. The van der Waals surface area contributed by atoms with Crippen LogP contribution in [-0.2, 0) is 6.54 Å². The molecule has 0 atom stereocenters. The van der Waals surface area contributed by atoms with Crippen LogP contribution in [0.1, 0.15) is 20.8 Å². The van der Waals surface area contributed by atoms with Crippen LogP contribution < -0.4 is 0 Å². The van der Waals surface area contributed by atoms with Crippen molar-refractivity contribution in [2.75, 3.05) is 7.05 Å². The van der Waals surface area contributed by atoms with Gasteiger partial charge in [0.1, 0.15) is 0 Å². The van der Waals surface area contributed by atoms with Crippen molar-refractivity contribution in [3.05, 3.63) is 55.3 Å². The highest BCUT2D eigenvalue weighted by Gasteiger charge is 2.15. The number of benzene rings is 1. The maximum Gasteiger partial charge on any atom is 0.254 e. The number of carbonyl (C=O) groups excluding carboxylic acids is 1. The molecule has 4 heteroatoms. The Bertz CT molecular complexity index is 564. The van der Waals surface area contributed by atoms with Gasteiger partial charge >= 0.3 is 0 Å². The highest BCUT2D eigenvalue weighted by molar-refractivity contribution is 14.1. The number of carbonyl (C=O) groups is 1. The lowest BCUT2D eigenvalue weighted by Crippen LogP contribution is -2.26. The predicted molar refractivity (Wildman–Crippen MR) is 84.0 cm³/mol. The van der Waals surface area contributed by atoms with Crippen LogP contribution in [0.25, 0.3) is 0 Å². The second-order valence-corrected chi connectivity index (χ2v) is 6.33. The van der Waals surface area contributed by atoms with Gasteiger partial charge in [-0.1, -0.05) is 12.1 Å². The summed E-state index contributed by atoms with van der Waals surface area (Å²) in [6, 6.07) is 9.77.